The number of aryl methyl sites for hydroxylation is 1. The zero-order chi connectivity index (χ0) is 18.2. The maximum atomic E-state index is 11.9. The van der Waals surface area contributed by atoms with Crippen molar-refractivity contribution >= 4 is 21.4 Å². The average Bonchev–Trinajstić information content (AvgIpc) is 3.00. The maximum absolute atomic E-state index is 11.9. The number of piperidine rings is 1. The van der Waals surface area contributed by atoms with E-state index in [2.05, 4.69) is 5.10 Å². The van der Waals surface area contributed by atoms with Crippen molar-refractivity contribution in [3.8, 4) is 0 Å². The molecule has 0 unspecified atom stereocenters. The molecule has 1 aromatic carbocycles. The maximum Gasteiger partial charge on any atom is 0.270 e. The van der Waals surface area contributed by atoms with Gasteiger partial charge in [0.05, 0.1) is 16.8 Å². The van der Waals surface area contributed by atoms with Crippen molar-refractivity contribution in [2.24, 2.45) is 12.2 Å². The van der Waals surface area contributed by atoms with Gasteiger partial charge in [-0.3, -0.25) is 14.8 Å². The Kier molecular flexibility index (Phi) is 4.48. The number of primary sulfonamides is 1. The number of nitro groups is 1. The van der Waals surface area contributed by atoms with E-state index in [4.69, 9.17) is 5.14 Å². The summed E-state index contributed by atoms with van der Waals surface area (Å²) in [5, 5.41) is 20.4. The molecule has 25 heavy (non-hydrogen) atoms. The summed E-state index contributed by atoms with van der Waals surface area (Å²) < 4.78 is 25.5. The molecule has 0 aliphatic carbocycles. The van der Waals surface area contributed by atoms with Crippen molar-refractivity contribution in [3.63, 3.8) is 0 Å². The number of nitrogens with two attached hydrogens (primary N) is 1. The first-order valence-electron chi connectivity index (χ1n) is 7.80. The molecule has 1 fully saturated rings. The first-order chi connectivity index (χ1) is 11.8. The highest BCUT2D eigenvalue weighted by molar-refractivity contribution is 7.89. The molecular weight excluding hydrogens is 346 g/mol. The largest absolute Gasteiger partial charge is 0.370 e. The van der Waals surface area contributed by atoms with Crippen LogP contribution >= 0.6 is 0 Å². The molecule has 0 bridgehead atoms. The Labute approximate surface area is 145 Å². The van der Waals surface area contributed by atoms with Crippen LogP contribution in [0.15, 0.2) is 35.5 Å². The van der Waals surface area contributed by atoms with Gasteiger partial charge in [0.1, 0.15) is 4.90 Å². The lowest BCUT2D eigenvalue weighted by atomic mass is 9.91. The number of benzene rings is 1. The molecular formula is C15H19N5O4S. The Morgan fingerprint density at radius 3 is 2.52 bits per heavy atom. The number of nitrogens with zero attached hydrogens (tertiary/aromatic N) is 4. The standard InChI is InChI=1S/C15H19N5O4S/c1-18-10-12(9-17-18)11-4-6-19(7-5-11)14-3-2-13(20(21)22)8-15(14)25(16,23)24/h2-3,8-11H,4-7H2,1H3,(H2,16,23,24). The van der Waals surface area contributed by atoms with Crippen molar-refractivity contribution in [2.45, 2.75) is 23.7 Å². The number of hydrogen-bond donors (Lipinski definition) is 1. The van der Waals surface area contributed by atoms with Crippen LogP contribution < -0.4 is 10.0 Å². The molecule has 0 amide bonds. The number of sulfonamides is 1. The molecule has 2 aromatic rings. The van der Waals surface area contributed by atoms with E-state index >= 15 is 0 Å². The Bertz CT molecular complexity index is 900. The summed E-state index contributed by atoms with van der Waals surface area (Å²) in [6.07, 6.45) is 5.52. The van der Waals surface area contributed by atoms with E-state index in [-0.39, 0.29) is 10.6 Å². The van der Waals surface area contributed by atoms with Gasteiger partial charge in [-0.25, -0.2) is 13.6 Å². The third kappa shape index (κ3) is 3.64. The minimum Gasteiger partial charge on any atom is -0.370 e. The van der Waals surface area contributed by atoms with E-state index in [0.29, 0.717) is 24.7 Å². The summed E-state index contributed by atoms with van der Waals surface area (Å²) in [4.78, 5) is 12.0. The molecule has 2 heterocycles. The highest BCUT2D eigenvalue weighted by atomic mass is 32.2. The van der Waals surface area contributed by atoms with Crippen LogP contribution in [0.3, 0.4) is 0 Å². The van der Waals surface area contributed by atoms with Crippen LogP contribution in [-0.2, 0) is 17.1 Å². The van der Waals surface area contributed by atoms with Crippen LogP contribution in [0.2, 0.25) is 0 Å². The van der Waals surface area contributed by atoms with Crippen molar-refractivity contribution in [1.29, 1.82) is 0 Å². The second kappa shape index (κ2) is 6.45. The van der Waals surface area contributed by atoms with Gasteiger partial charge in [-0.05, 0) is 30.4 Å². The van der Waals surface area contributed by atoms with Gasteiger partial charge in [-0.1, -0.05) is 0 Å². The van der Waals surface area contributed by atoms with Gasteiger partial charge in [0.15, 0.2) is 0 Å². The lowest BCUT2D eigenvalue weighted by Crippen LogP contribution is -2.34. The van der Waals surface area contributed by atoms with Gasteiger partial charge in [-0.2, -0.15) is 5.10 Å². The van der Waals surface area contributed by atoms with Crippen LogP contribution in [0.5, 0.6) is 0 Å². The molecule has 0 atom stereocenters. The molecule has 9 nitrogen and oxygen atoms in total. The first kappa shape index (κ1) is 17.4. The minimum atomic E-state index is -4.06. The van der Waals surface area contributed by atoms with Crippen LogP contribution in [0.4, 0.5) is 11.4 Å². The molecule has 134 valence electrons. The predicted octanol–water partition coefficient (Wildman–Crippen LogP) is 1.36. The summed E-state index contributed by atoms with van der Waals surface area (Å²) in [6, 6.07) is 3.79. The van der Waals surface area contributed by atoms with Crippen molar-refractivity contribution in [3.05, 3.63) is 46.3 Å². The minimum absolute atomic E-state index is 0.207. The highest BCUT2D eigenvalue weighted by Crippen LogP contribution is 2.34. The van der Waals surface area contributed by atoms with E-state index < -0.39 is 14.9 Å². The molecule has 1 aromatic heterocycles. The Balaban J connectivity index is 1.84. The second-order valence-corrected chi connectivity index (χ2v) is 7.69. The zero-order valence-electron chi connectivity index (χ0n) is 13.7. The number of non-ortho nitro benzene ring substituents is 1. The SMILES string of the molecule is Cn1cc(C2CCN(c3ccc([N+](=O)[O-])cc3S(N)(=O)=O)CC2)cn1. The van der Waals surface area contributed by atoms with Crippen molar-refractivity contribution in [2.75, 3.05) is 18.0 Å². The lowest BCUT2D eigenvalue weighted by Gasteiger charge is -2.34. The van der Waals surface area contributed by atoms with Gasteiger partial charge in [0.25, 0.3) is 5.69 Å². The summed E-state index contributed by atoms with van der Waals surface area (Å²) >= 11 is 0. The van der Waals surface area contributed by atoms with E-state index in [1.54, 1.807) is 4.68 Å². The topological polar surface area (TPSA) is 124 Å². The van der Waals surface area contributed by atoms with E-state index in [1.165, 1.54) is 12.1 Å². The van der Waals surface area contributed by atoms with Gasteiger partial charge in [0.2, 0.25) is 10.0 Å². The summed E-state index contributed by atoms with van der Waals surface area (Å²) in [5.41, 5.74) is 1.29. The highest BCUT2D eigenvalue weighted by Gasteiger charge is 2.27. The van der Waals surface area contributed by atoms with Gasteiger partial charge < -0.3 is 4.90 Å². The fraction of sp³-hybridized carbons (Fsp3) is 0.400. The zero-order valence-corrected chi connectivity index (χ0v) is 14.5. The molecule has 0 radical (unpaired) electrons. The van der Waals surface area contributed by atoms with Gasteiger partial charge in [-0.15, -0.1) is 0 Å². The third-order valence-corrected chi connectivity index (χ3v) is 5.43. The quantitative estimate of drug-likeness (QED) is 0.644. The molecule has 0 saturated carbocycles. The normalized spacial score (nSPS) is 16.2. The number of nitro benzene ring substituents is 1. The Morgan fingerprint density at radius 2 is 2.00 bits per heavy atom. The second-order valence-electron chi connectivity index (χ2n) is 6.16. The average molecular weight is 365 g/mol. The summed E-state index contributed by atoms with van der Waals surface area (Å²) in [7, 11) is -2.19. The van der Waals surface area contributed by atoms with E-state index in [1.807, 2.05) is 24.3 Å². The molecule has 10 heteroatoms. The van der Waals surface area contributed by atoms with Crippen LogP contribution in [0.25, 0.3) is 0 Å². The smallest absolute Gasteiger partial charge is 0.270 e. The van der Waals surface area contributed by atoms with Crippen LogP contribution in [0, 0.1) is 10.1 Å². The fourth-order valence-corrected chi connectivity index (χ4v) is 3.98. The van der Waals surface area contributed by atoms with Crippen molar-refractivity contribution in [1.82, 2.24) is 9.78 Å². The summed E-state index contributed by atoms with van der Waals surface area (Å²) in [5.74, 6) is 0.362. The molecule has 1 aliphatic rings. The number of aromatic nitrogens is 2. The van der Waals surface area contributed by atoms with E-state index in [0.717, 1.165) is 24.5 Å². The fourth-order valence-electron chi connectivity index (χ4n) is 3.21. The Hall–Kier alpha value is -2.46. The van der Waals surface area contributed by atoms with Crippen molar-refractivity contribution < 1.29 is 13.3 Å². The van der Waals surface area contributed by atoms with Crippen LogP contribution in [0.1, 0.15) is 24.3 Å². The monoisotopic (exact) mass is 365 g/mol. The molecule has 1 aliphatic heterocycles. The van der Waals surface area contributed by atoms with Gasteiger partial charge >= 0.3 is 0 Å². The summed E-state index contributed by atoms with van der Waals surface area (Å²) in [6.45, 7) is 1.28. The Morgan fingerprint density at radius 1 is 1.32 bits per heavy atom. The lowest BCUT2D eigenvalue weighted by molar-refractivity contribution is -0.385. The number of hydrogen-bond acceptors (Lipinski definition) is 6. The predicted molar refractivity (Wildman–Crippen MR) is 91.9 cm³/mol. The van der Waals surface area contributed by atoms with E-state index in [9.17, 15) is 18.5 Å². The molecule has 2 N–H and O–H groups in total. The molecule has 0 spiro atoms. The molecule has 3 rings (SSSR count). The number of anilines is 1. The third-order valence-electron chi connectivity index (χ3n) is 4.49. The van der Waals surface area contributed by atoms with Crippen LogP contribution in [-0.4, -0.2) is 36.2 Å². The van der Waals surface area contributed by atoms with Gasteiger partial charge in [0, 0.05) is 38.5 Å². The number of rotatable bonds is 4. The first-order valence-corrected chi connectivity index (χ1v) is 9.35. The molecule has 1 saturated heterocycles.